The molecular weight excluding hydrogens is 206 g/mol. The number of carbonyl (C=O) groups is 2. The van der Waals surface area contributed by atoms with Crippen LogP contribution in [0.3, 0.4) is 0 Å². The molecule has 0 aliphatic carbocycles. The normalized spacial score (nSPS) is 9.14. The van der Waals surface area contributed by atoms with Crippen LogP contribution in [0.2, 0.25) is 0 Å². The minimum atomic E-state index is -1.55. The maximum Gasteiger partial charge on any atom is 1.00 e. The Labute approximate surface area is 128 Å². The van der Waals surface area contributed by atoms with Crippen LogP contribution in [0.1, 0.15) is 26.7 Å². The summed E-state index contributed by atoms with van der Waals surface area (Å²) in [6.07, 6.45) is 1.01. The summed E-state index contributed by atoms with van der Waals surface area (Å²) in [5.74, 6) is -4.97. The first kappa shape index (κ1) is 20.4. The van der Waals surface area contributed by atoms with E-state index in [4.69, 9.17) is 0 Å². The predicted octanol–water partition coefficient (Wildman–Crippen LogP) is -7.45. The van der Waals surface area contributed by atoms with Crippen molar-refractivity contribution in [2.75, 3.05) is 0 Å². The maximum absolute atomic E-state index is 10.4. The molecule has 0 aliphatic heterocycles. The first-order valence-electron chi connectivity index (χ1n) is 3.96. The van der Waals surface area contributed by atoms with Crippen LogP contribution in [0, 0.1) is 11.8 Å². The molecule has 6 heteroatoms. The number of carboxylic acids is 2. The fourth-order valence-electron chi connectivity index (χ4n) is 1.24. The molecule has 0 aromatic carbocycles. The zero-order valence-corrected chi connectivity index (χ0v) is 13.2. The van der Waals surface area contributed by atoms with Crippen LogP contribution in [-0.4, -0.2) is 11.9 Å². The van der Waals surface area contributed by atoms with E-state index >= 15 is 0 Å². The molecule has 4 nitrogen and oxygen atoms in total. The molecule has 0 amide bonds. The fraction of sp³-hybridized carbons (Fsp3) is 0.750. The van der Waals surface area contributed by atoms with E-state index in [1.807, 2.05) is 0 Å². The van der Waals surface area contributed by atoms with E-state index in [2.05, 4.69) is 0 Å². The molecule has 0 rings (SSSR count). The van der Waals surface area contributed by atoms with Crippen molar-refractivity contribution in [1.29, 1.82) is 0 Å². The van der Waals surface area contributed by atoms with Gasteiger partial charge in [0.25, 0.3) is 0 Å². The van der Waals surface area contributed by atoms with E-state index in [9.17, 15) is 19.8 Å². The molecule has 0 N–H and O–H groups in total. The molecule has 0 saturated carbocycles. The monoisotopic (exact) mass is 218 g/mol. The number of carbonyl (C=O) groups excluding carboxylic acids is 2. The van der Waals surface area contributed by atoms with Gasteiger partial charge in [-0.05, 0) is 5.92 Å². The average molecular weight is 218 g/mol. The summed E-state index contributed by atoms with van der Waals surface area (Å²) >= 11 is 0. The molecule has 0 spiro atoms. The van der Waals surface area contributed by atoms with Crippen LogP contribution in [0.4, 0.5) is 0 Å². The van der Waals surface area contributed by atoms with Crippen molar-refractivity contribution in [3.63, 3.8) is 0 Å². The van der Waals surface area contributed by atoms with E-state index < -0.39 is 17.9 Å². The molecule has 0 radical (unpaired) electrons. The minimum absolute atomic E-state index is 0. The summed E-state index contributed by atoms with van der Waals surface area (Å²) in [5, 5.41) is 20.7. The second-order valence-electron chi connectivity index (χ2n) is 2.69. The Morgan fingerprint density at radius 3 is 1.36 bits per heavy atom. The van der Waals surface area contributed by atoms with Crippen LogP contribution in [0.5, 0.6) is 0 Å². The van der Waals surface area contributed by atoms with Crippen molar-refractivity contribution < 1.29 is 78.9 Å². The third kappa shape index (κ3) is 6.43. The van der Waals surface area contributed by atoms with E-state index in [0.717, 1.165) is 0 Å². The maximum atomic E-state index is 10.4. The van der Waals surface area contributed by atoms with Gasteiger partial charge in [-0.3, -0.25) is 0 Å². The van der Waals surface area contributed by atoms with Crippen LogP contribution < -0.4 is 69.3 Å². The molecule has 0 unspecified atom stereocenters. The Morgan fingerprint density at radius 1 is 1.00 bits per heavy atom. The standard InChI is InChI=1S/C8H14O4.2Na/c1-3-5(4-2)6(7(9)10)8(11)12;;/h5-6H,3-4H2,1-2H3,(H,9,10)(H,11,12);;/q;2*+1/p-2. The van der Waals surface area contributed by atoms with Gasteiger partial charge in [-0.1, -0.05) is 26.7 Å². The topological polar surface area (TPSA) is 80.3 Å². The van der Waals surface area contributed by atoms with Crippen molar-refractivity contribution in [3.05, 3.63) is 0 Å². The molecule has 14 heavy (non-hydrogen) atoms. The zero-order valence-electron chi connectivity index (χ0n) is 9.20. The fourth-order valence-corrected chi connectivity index (χ4v) is 1.24. The molecule has 0 aromatic rings. The number of aliphatic carboxylic acids is 2. The van der Waals surface area contributed by atoms with Crippen molar-refractivity contribution >= 4 is 11.9 Å². The zero-order chi connectivity index (χ0) is 9.72. The first-order chi connectivity index (χ1) is 5.54. The van der Waals surface area contributed by atoms with Crippen molar-refractivity contribution in [1.82, 2.24) is 0 Å². The molecular formula is C8H12Na2O4. The largest absolute Gasteiger partial charge is 1.00 e. The first-order valence-corrected chi connectivity index (χ1v) is 3.96. The number of carboxylic acid groups (broad SMARTS) is 2. The van der Waals surface area contributed by atoms with Crippen LogP contribution in [0.25, 0.3) is 0 Å². The van der Waals surface area contributed by atoms with E-state index in [0.29, 0.717) is 12.8 Å². The van der Waals surface area contributed by atoms with E-state index in [1.54, 1.807) is 13.8 Å². The third-order valence-electron chi connectivity index (χ3n) is 2.03. The number of rotatable bonds is 5. The molecule has 0 heterocycles. The van der Waals surface area contributed by atoms with Crippen LogP contribution in [-0.2, 0) is 9.59 Å². The second kappa shape index (κ2) is 10.5. The number of hydrogen-bond acceptors (Lipinski definition) is 4. The molecule has 0 aromatic heterocycles. The van der Waals surface area contributed by atoms with E-state index in [-0.39, 0.29) is 65.0 Å². The molecule has 0 aliphatic rings. The van der Waals surface area contributed by atoms with Gasteiger partial charge in [0.2, 0.25) is 0 Å². The SMILES string of the molecule is CCC(CC)C(C(=O)[O-])C(=O)[O-].[Na+].[Na+]. The van der Waals surface area contributed by atoms with Gasteiger partial charge in [0.15, 0.2) is 0 Å². The van der Waals surface area contributed by atoms with Crippen LogP contribution in [0.15, 0.2) is 0 Å². The third-order valence-corrected chi connectivity index (χ3v) is 2.03. The average Bonchev–Trinajstić information content (AvgIpc) is 1.98. The Morgan fingerprint density at radius 2 is 1.29 bits per heavy atom. The minimum Gasteiger partial charge on any atom is -0.549 e. The van der Waals surface area contributed by atoms with Gasteiger partial charge < -0.3 is 19.8 Å². The quantitative estimate of drug-likeness (QED) is 0.339. The summed E-state index contributed by atoms with van der Waals surface area (Å²) < 4.78 is 0. The Bertz CT molecular complexity index is 166. The second-order valence-corrected chi connectivity index (χ2v) is 2.69. The number of hydrogen-bond donors (Lipinski definition) is 0. The van der Waals surface area contributed by atoms with Gasteiger partial charge in [0.05, 0.1) is 11.9 Å². The van der Waals surface area contributed by atoms with Crippen molar-refractivity contribution in [2.24, 2.45) is 11.8 Å². The molecule has 0 bridgehead atoms. The van der Waals surface area contributed by atoms with Gasteiger partial charge in [0.1, 0.15) is 0 Å². The van der Waals surface area contributed by atoms with Crippen molar-refractivity contribution in [2.45, 2.75) is 26.7 Å². The van der Waals surface area contributed by atoms with Gasteiger partial charge >= 0.3 is 59.1 Å². The summed E-state index contributed by atoms with van der Waals surface area (Å²) in [5.41, 5.74) is 0. The molecule has 0 fully saturated rings. The van der Waals surface area contributed by atoms with Crippen molar-refractivity contribution in [3.8, 4) is 0 Å². The van der Waals surface area contributed by atoms with Gasteiger partial charge in [-0.25, -0.2) is 0 Å². The summed E-state index contributed by atoms with van der Waals surface area (Å²) in [6, 6.07) is 0. The van der Waals surface area contributed by atoms with E-state index in [1.165, 1.54) is 0 Å². The Kier molecular flexibility index (Phi) is 15.2. The predicted molar refractivity (Wildman–Crippen MR) is 37.6 cm³/mol. The Hall–Kier alpha value is 0.940. The summed E-state index contributed by atoms with van der Waals surface area (Å²) in [6.45, 7) is 3.49. The Balaban J connectivity index is -0.000000605. The smallest absolute Gasteiger partial charge is 0.549 e. The van der Waals surface area contributed by atoms with Gasteiger partial charge in [-0.2, -0.15) is 0 Å². The molecule has 70 valence electrons. The summed E-state index contributed by atoms with van der Waals surface area (Å²) in [7, 11) is 0. The van der Waals surface area contributed by atoms with Gasteiger partial charge in [0, 0.05) is 5.92 Å². The van der Waals surface area contributed by atoms with Crippen LogP contribution >= 0.6 is 0 Å². The molecule has 0 saturated heterocycles. The van der Waals surface area contributed by atoms with Gasteiger partial charge in [-0.15, -0.1) is 0 Å². The molecule has 0 atom stereocenters. The summed E-state index contributed by atoms with van der Waals surface area (Å²) in [4.78, 5) is 20.7.